The first kappa shape index (κ1) is 18.9. The Morgan fingerprint density at radius 2 is 2.24 bits per heavy atom. The van der Waals surface area contributed by atoms with Gasteiger partial charge in [-0.2, -0.15) is 0 Å². The second kappa shape index (κ2) is 7.59. The van der Waals surface area contributed by atoms with Crippen molar-refractivity contribution in [1.29, 1.82) is 0 Å². The van der Waals surface area contributed by atoms with Gasteiger partial charge < -0.3 is 15.0 Å². The highest BCUT2D eigenvalue weighted by molar-refractivity contribution is 7.17. The SMILES string of the molecule is CN[C@H]1CCCN(C(=O)[C@H]2Cc3cc(Cl)cc(-c4ccnc5ccsc45)c3O2)C1. The molecule has 29 heavy (non-hydrogen) atoms. The summed E-state index contributed by atoms with van der Waals surface area (Å²) in [5, 5.41) is 5.99. The van der Waals surface area contributed by atoms with Gasteiger partial charge in [-0.3, -0.25) is 9.78 Å². The second-order valence-corrected chi connectivity index (χ2v) is 9.01. The van der Waals surface area contributed by atoms with Gasteiger partial charge in [-0.1, -0.05) is 11.6 Å². The lowest BCUT2D eigenvalue weighted by Crippen LogP contribution is -2.50. The zero-order chi connectivity index (χ0) is 20.0. The highest BCUT2D eigenvalue weighted by Gasteiger charge is 2.36. The summed E-state index contributed by atoms with van der Waals surface area (Å²) in [4.78, 5) is 19.5. The van der Waals surface area contributed by atoms with Crippen LogP contribution in [0.2, 0.25) is 5.02 Å². The van der Waals surface area contributed by atoms with Gasteiger partial charge in [0.25, 0.3) is 5.91 Å². The van der Waals surface area contributed by atoms with Gasteiger partial charge in [-0.05, 0) is 49.5 Å². The quantitative estimate of drug-likeness (QED) is 0.682. The highest BCUT2D eigenvalue weighted by Crippen LogP contribution is 2.44. The Kier molecular flexibility index (Phi) is 4.94. The van der Waals surface area contributed by atoms with Crippen molar-refractivity contribution in [3.63, 3.8) is 0 Å². The number of nitrogens with one attached hydrogen (secondary N) is 1. The molecule has 7 heteroatoms. The summed E-state index contributed by atoms with van der Waals surface area (Å²) in [6.07, 6.45) is 3.99. The molecule has 1 amide bonds. The number of likely N-dealkylation sites (tertiary alicyclic amines) is 1. The van der Waals surface area contributed by atoms with E-state index in [4.69, 9.17) is 16.3 Å². The number of benzene rings is 1. The molecular formula is C22H22ClN3O2S. The molecule has 150 valence electrons. The van der Waals surface area contributed by atoms with E-state index < -0.39 is 6.10 Å². The van der Waals surface area contributed by atoms with Crippen LogP contribution in [0.25, 0.3) is 21.3 Å². The summed E-state index contributed by atoms with van der Waals surface area (Å²) in [5.74, 6) is 0.843. The number of hydrogen-bond acceptors (Lipinski definition) is 5. The molecule has 0 spiro atoms. The number of likely N-dealkylation sites (N-methyl/N-ethyl adjacent to an activating group) is 1. The number of pyridine rings is 1. The molecule has 5 rings (SSSR count). The molecule has 1 N–H and O–H groups in total. The normalized spacial score (nSPS) is 21.2. The number of piperidine rings is 1. The van der Waals surface area contributed by atoms with Crippen molar-refractivity contribution in [3.8, 4) is 16.9 Å². The number of carbonyl (C=O) groups excluding carboxylic acids is 1. The third-order valence-corrected chi connectivity index (χ3v) is 7.00. The molecule has 4 heterocycles. The standard InChI is InChI=1S/C22H22ClN3O2S/c1-24-15-3-2-7-26(12-15)22(27)19-10-13-9-14(23)11-17(20(13)28-19)16-4-6-25-18-5-8-29-21(16)18/h4-6,8-9,11,15,19,24H,2-3,7,10,12H2,1H3/t15-,19+/m0/s1. The monoisotopic (exact) mass is 427 g/mol. The van der Waals surface area contributed by atoms with Gasteiger partial charge in [-0.25, -0.2) is 0 Å². The van der Waals surface area contributed by atoms with Crippen LogP contribution >= 0.6 is 22.9 Å². The molecule has 0 aliphatic carbocycles. The van der Waals surface area contributed by atoms with Crippen LogP contribution in [0.5, 0.6) is 5.75 Å². The first-order valence-corrected chi connectivity index (χ1v) is 11.2. The number of ether oxygens (including phenoxy) is 1. The van der Waals surface area contributed by atoms with E-state index in [1.54, 1.807) is 17.5 Å². The number of halogens is 1. The average molecular weight is 428 g/mol. The van der Waals surface area contributed by atoms with Crippen LogP contribution in [0.3, 0.4) is 0 Å². The lowest BCUT2D eigenvalue weighted by Gasteiger charge is -2.33. The van der Waals surface area contributed by atoms with Gasteiger partial charge in [0.15, 0.2) is 6.10 Å². The molecule has 0 radical (unpaired) electrons. The summed E-state index contributed by atoms with van der Waals surface area (Å²) < 4.78 is 7.37. The van der Waals surface area contributed by atoms with Gasteiger partial charge in [0.05, 0.1) is 10.2 Å². The molecule has 0 saturated carbocycles. The van der Waals surface area contributed by atoms with E-state index in [2.05, 4.69) is 10.3 Å². The maximum atomic E-state index is 13.2. The summed E-state index contributed by atoms with van der Waals surface area (Å²) in [6, 6.07) is 8.21. The molecule has 2 aliphatic rings. The number of fused-ring (bicyclic) bond motifs is 2. The smallest absolute Gasteiger partial charge is 0.264 e. The third kappa shape index (κ3) is 3.39. The fourth-order valence-corrected chi connectivity index (χ4v) is 5.48. The number of aromatic nitrogens is 1. The van der Waals surface area contributed by atoms with Crippen LogP contribution < -0.4 is 10.1 Å². The van der Waals surface area contributed by atoms with Crippen molar-refractivity contribution < 1.29 is 9.53 Å². The summed E-state index contributed by atoms with van der Waals surface area (Å²) in [6.45, 7) is 1.53. The zero-order valence-corrected chi connectivity index (χ0v) is 17.7. The molecule has 5 nitrogen and oxygen atoms in total. The molecule has 1 fully saturated rings. The fraction of sp³-hybridized carbons (Fsp3) is 0.364. The van der Waals surface area contributed by atoms with Crippen LogP contribution in [0.15, 0.2) is 35.8 Å². The van der Waals surface area contributed by atoms with E-state index in [1.807, 2.05) is 41.6 Å². The van der Waals surface area contributed by atoms with Crippen LogP contribution in [-0.2, 0) is 11.2 Å². The predicted octanol–water partition coefficient (Wildman–Crippen LogP) is 4.13. The number of hydrogen-bond donors (Lipinski definition) is 1. The van der Waals surface area contributed by atoms with Crippen LogP contribution in [0.4, 0.5) is 0 Å². The minimum atomic E-state index is -0.488. The molecule has 2 aromatic heterocycles. The minimum Gasteiger partial charge on any atom is -0.479 e. The summed E-state index contributed by atoms with van der Waals surface area (Å²) >= 11 is 8.10. The molecule has 1 aromatic carbocycles. The summed E-state index contributed by atoms with van der Waals surface area (Å²) in [7, 11) is 1.95. The first-order valence-electron chi connectivity index (χ1n) is 9.91. The third-order valence-electron chi connectivity index (χ3n) is 5.85. The molecule has 0 unspecified atom stereocenters. The van der Waals surface area contributed by atoms with Crippen molar-refractivity contribution in [3.05, 3.63) is 46.4 Å². The van der Waals surface area contributed by atoms with Gasteiger partial charge in [0, 0.05) is 53.5 Å². The molecule has 0 bridgehead atoms. The number of thiophene rings is 1. The van der Waals surface area contributed by atoms with Gasteiger partial charge in [0.1, 0.15) is 5.75 Å². The average Bonchev–Trinajstić information content (AvgIpc) is 3.39. The van der Waals surface area contributed by atoms with Crippen LogP contribution in [0, 0.1) is 0 Å². The molecule has 1 saturated heterocycles. The Balaban J connectivity index is 1.47. The number of carbonyl (C=O) groups is 1. The largest absolute Gasteiger partial charge is 0.479 e. The molecule has 2 atom stereocenters. The van der Waals surface area contributed by atoms with Crippen LogP contribution in [-0.4, -0.2) is 48.1 Å². The van der Waals surface area contributed by atoms with E-state index in [9.17, 15) is 4.79 Å². The Labute approximate surface area is 178 Å². The van der Waals surface area contributed by atoms with Crippen molar-refractivity contribution in [2.75, 3.05) is 20.1 Å². The first-order chi connectivity index (χ1) is 14.1. The van der Waals surface area contributed by atoms with Crippen molar-refractivity contribution >= 4 is 39.1 Å². The van der Waals surface area contributed by atoms with E-state index >= 15 is 0 Å². The van der Waals surface area contributed by atoms with Gasteiger partial charge in [0.2, 0.25) is 0 Å². The Morgan fingerprint density at radius 1 is 1.34 bits per heavy atom. The summed E-state index contributed by atoms with van der Waals surface area (Å²) in [5.41, 5.74) is 3.93. The Hall–Kier alpha value is -2.15. The fourth-order valence-electron chi connectivity index (χ4n) is 4.36. The lowest BCUT2D eigenvalue weighted by molar-refractivity contribution is -0.139. The number of nitrogens with zero attached hydrogens (tertiary/aromatic N) is 2. The maximum Gasteiger partial charge on any atom is 0.264 e. The molecule has 3 aromatic rings. The zero-order valence-electron chi connectivity index (χ0n) is 16.2. The topological polar surface area (TPSA) is 54.5 Å². The van der Waals surface area contributed by atoms with Gasteiger partial charge in [-0.15, -0.1) is 11.3 Å². The Morgan fingerprint density at radius 3 is 3.10 bits per heavy atom. The minimum absolute atomic E-state index is 0.0687. The maximum absolute atomic E-state index is 13.2. The van der Waals surface area contributed by atoms with Crippen LogP contribution in [0.1, 0.15) is 18.4 Å². The van der Waals surface area contributed by atoms with Crippen molar-refractivity contribution in [1.82, 2.24) is 15.2 Å². The number of rotatable bonds is 3. The number of amides is 1. The van der Waals surface area contributed by atoms with E-state index in [0.29, 0.717) is 17.5 Å². The predicted molar refractivity (Wildman–Crippen MR) is 117 cm³/mol. The van der Waals surface area contributed by atoms with Crippen molar-refractivity contribution in [2.24, 2.45) is 0 Å². The lowest BCUT2D eigenvalue weighted by atomic mass is 10.00. The Bertz CT molecular complexity index is 1080. The highest BCUT2D eigenvalue weighted by atomic mass is 35.5. The van der Waals surface area contributed by atoms with E-state index in [0.717, 1.165) is 58.6 Å². The second-order valence-electron chi connectivity index (χ2n) is 7.66. The van der Waals surface area contributed by atoms with E-state index in [1.165, 1.54) is 0 Å². The molecule has 2 aliphatic heterocycles. The molecular weight excluding hydrogens is 406 g/mol. The van der Waals surface area contributed by atoms with E-state index in [-0.39, 0.29) is 5.91 Å². The van der Waals surface area contributed by atoms with Gasteiger partial charge >= 0.3 is 0 Å². The van der Waals surface area contributed by atoms with Crippen molar-refractivity contribution in [2.45, 2.75) is 31.4 Å².